The molecule has 2 aliphatic rings. The summed E-state index contributed by atoms with van der Waals surface area (Å²) in [4.78, 5) is 33.9. The minimum Gasteiger partial charge on any atom is -0.480 e. The molecule has 0 spiro atoms. The van der Waals surface area contributed by atoms with Crippen molar-refractivity contribution in [3.05, 3.63) is 0 Å². The highest BCUT2D eigenvalue weighted by Gasteiger charge is 2.53. The summed E-state index contributed by atoms with van der Waals surface area (Å²) in [7, 11) is 0. The minimum atomic E-state index is -1.21. The van der Waals surface area contributed by atoms with Crippen molar-refractivity contribution < 1.29 is 24.7 Å². The summed E-state index contributed by atoms with van der Waals surface area (Å²) in [5.41, 5.74) is 0. The molecule has 76 valence electrons. The van der Waals surface area contributed by atoms with Crippen LogP contribution in [-0.4, -0.2) is 56.7 Å². The van der Waals surface area contributed by atoms with Crippen molar-refractivity contribution in [2.75, 3.05) is 6.54 Å². The maximum Gasteiger partial charge on any atom is 0.328 e. The zero-order valence-corrected chi connectivity index (χ0v) is 7.08. The van der Waals surface area contributed by atoms with Gasteiger partial charge in [0.15, 0.2) is 6.04 Å². The second-order valence-corrected chi connectivity index (χ2v) is 3.30. The fraction of sp³-hybridized carbons (Fsp3) is 0.571. The van der Waals surface area contributed by atoms with E-state index in [1.807, 2.05) is 0 Å². The average Bonchev–Trinajstić information content (AvgIpc) is 2.09. The molecule has 0 bridgehead atoms. The predicted octanol–water partition coefficient (Wildman–Crippen LogP) is -1.73. The van der Waals surface area contributed by atoms with Gasteiger partial charge in [0.1, 0.15) is 6.04 Å². The maximum absolute atomic E-state index is 11.2. The molecule has 0 aromatic rings. The van der Waals surface area contributed by atoms with E-state index in [0.29, 0.717) is 5.06 Å². The van der Waals surface area contributed by atoms with Crippen LogP contribution in [0.25, 0.3) is 0 Å². The minimum absolute atomic E-state index is 0.0142. The van der Waals surface area contributed by atoms with Gasteiger partial charge in [0.2, 0.25) is 5.91 Å². The van der Waals surface area contributed by atoms with Gasteiger partial charge in [0, 0.05) is 0 Å². The standard InChI is InChI=1S/C7H8N2O5/c10-5-1-3-6(11)8(14)2-4(7(12)13)9(3)5/h3-4,14H,1-2H2,(H,12,13)/t3-,4+/m0/s1. The van der Waals surface area contributed by atoms with E-state index in [0.717, 1.165) is 4.90 Å². The van der Waals surface area contributed by atoms with Crippen LogP contribution in [0.4, 0.5) is 0 Å². The fourth-order valence-corrected chi connectivity index (χ4v) is 1.74. The number of amides is 2. The highest BCUT2D eigenvalue weighted by molar-refractivity contribution is 6.00. The van der Waals surface area contributed by atoms with Gasteiger partial charge in [-0.05, 0) is 0 Å². The van der Waals surface area contributed by atoms with E-state index in [4.69, 9.17) is 10.3 Å². The number of carbonyl (C=O) groups excluding carboxylic acids is 2. The summed E-state index contributed by atoms with van der Waals surface area (Å²) in [6.45, 7) is -0.365. The molecule has 2 saturated heterocycles. The summed E-state index contributed by atoms with van der Waals surface area (Å²) >= 11 is 0. The molecule has 0 radical (unpaired) electrons. The molecular formula is C7H8N2O5. The van der Waals surface area contributed by atoms with Gasteiger partial charge < -0.3 is 10.0 Å². The summed E-state index contributed by atoms with van der Waals surface area (Å²) in [6.07, 6.45) is -0.0142. The number of carboxylic acids is 1. The average molecular weight is 200 g/mol. The number of carbonyl (C=O) groups is 3. The van der Waals surface area contributed by atoms with E-state index in [-0.39, 0.29) is 18.9 Å². The van der Waals surface area contributed by atoms with E-state index in [1.54, 1.807) is 0 Å². The first kappa shape index (κ1) is 8.95. The van der Waals surface area contributed by atoms with Gasteiger partial charge in [-0.1, -0.05) is 0 Å². The van der Waals surface area contributed by atoms with Gasteiger partial charge in [0.05, 0.1) is 13.0 Å². The second kappa shape index (κ2) is 2.68. The number of rotatable bonds is 1. The number of aliphatic carboxylic acids is 1. The summed E-state index contributed by atoms with van der Waals surface area (Å²) < 4.78 is 0. The summed E-state index contributed by atoms with van der Waals surface area (Å²) in [6, 6.07) is -1.91. The maximum atomic E-state index is 11.2. The van der Waals surface area contributed by atoms with Crippen LogP contribution in [-0.2, 0) is 14.4 Å². The second-order valence-electron chi connectivity index (χ2n) is 3.30. The zero-order valence-electron chi connectivity index (χ0n) is 7.08. The zero-order chi connectivity index (χ0) is 10.5. The van der Waals surface area contributed by atoms with Crippen molar-refractivity contribution in [1.29, 1.82) is 0 Å². The Labute approximate surface area is 78.5 Å². The molecule has 0 unspecified atom stereocenters. The molecule has 2 rings (SSSR count). The highest BCUT2D eigenvalue weighted by Crippen LogP contribution is 2.28. The van der Waals surface area contributed by atoms with Crippen LogP contribution in [0.5, 0.6) is 0 Å². The first-order chi connectivity index (χ1) is 6.52. The molecule has 14 heavy (non-hydrogen) atoms. The topological polar surface area (TPSA) is 98.1 Å². The van der Waals surface area contributed by atoms with E-state index in [1.165, 1.54) is 0 Å². The Hall–Kier alpha value is -1.63. The lowest BCUT2D eigenvalue weighted by Gasteiger charge is -2.47. The van der Waals surface area contributed by atoms with Gasteiger partial charge in [-0.3, -0.25) is 14.8 Å². The number of hydrogen-bond acceptors (Lipinski definition) is 4. The molecule has 2 aliphatic heterocycles. The Balaban J connectivity index is 2.24. The Morgan fingerprint density at radius 1 is 1.43 bits per heavy atom. The molecule has 7 nitrogen and oxygen atoms in total. The number of β-lactam (4-membered cyclic amide) rings is 1. The van der Waals surface area contributed by atoms with Crippen LogP contribution in [0.3, 0.4) is 0 Å². The van der Waals surface area contributed by atoms with Crippen LogP contribution < -0.4 is 0 Å². The van der Waals surface area contributed by atoms with Gasteiger partial charge in [0.25, 0.3) is 5.91 Å². The number of hydrogen-bond donors (Lipinski definition) is 2. The molecule has 2 amide bonds. The molecule has 7 heteroatoms. The first-order valence-electron chi connectivity index (χ1n) is 4.06. The van der Waals surface area contributed by atoms with Gasteiger partial charge in [-0.15, -0.1) is 0 Å². The van der Waals surface area contributed by atoms with E-state index in [9.17, 15) is 14.4 Å². The summed E-state index contributed by atoms with van der Waals surface area (Å²) in [5, 5.41) is 18.2. The molecule has 2 heterocycles. The van der Waals surface area contributed by atoms with Crippen LogP contribution in [0.1, 0.15) is 6.42 Å². The highest BCUT2D eigenvalue weighted by atomic mass is 16.5. The van der Waals surface area contributed by atoms with Crippen molar-refractivity contribution in [2.45, 2.75) is 18.5 Å². The molecule has 0 aromatic heterocycles. The lowest BCUT2D eigenvalue weighted by atomic mass is 9.94. The first-order valence-corrected chi connectivity index (χ1v) is 4.06. The van der Waals surface area contributed by atoms with Crippen LogP contribution >= 0.6 is 0 Å². The smallest absolute Gasteiger partial charge is 0.328 e. The van der Waals surface area contributed by atoms with E-state index < -0.39 is 24.0 Å². The molecule has 0 saturated carbocycles. The van der Waals surface area contributed by atoms with E-state index >= 15 is 0 Å². The summed E-state index contributed by atoms with van der Waals surface area (Å²) in [5.74, 6) is -2.18. The monoisotopic (exact) mass is 200 g/mol. The van der Waals surface area contributed by atoms with Crippen LogP contribution in [0, 0.1) is 0 Å². The molecular weight excluding hydrogens is 192 g/mol. The third-order valence-corrected chi connectivity index (χ3v) is 2.50. The molecule has 0 aromatic carbocycles. The number of hydroxylamine groups is 2. The predicted molar refractivity (Wildman–Crippen MR) is 40.2 cm³/mol. The molecule has 2 fully saturated rings. The van der Waals surface area contributed by atoms with Crippen molar-refractivity contribution in [1.82, 2.24) is 9.96 Å². The Kier molecular flexibility index (Phi) is 1.71. The Morgan fingerprint density at radius 2 is 2.07 bits per heavy atom. The number of carboxylic acid groups (broad SMARTS) is 1. The number of nitrogens with zero attached hydrogens (tertiary/aromatic N) is 2. The normalized spacial score (nSPS) is 31.2. The van der Waals surface area contributed by atoms with Gasteiger partial charge in [-0.25, -0.2) is 9.86 Å². The number of piperazine rings is 1. The van der Waals surface area contributed by atoms with Crippen molar-refractivity contribution in [3.63, 3.8) is 0 Å². The van der Waals surface area contributed by atoms with Crippen LogP contribution in [0.2, 0.25) is 0 Å². The lowest BCUT2D eigenvalue weighted by molar-refractivity contribution is -0.204. The van der Waals surface area contributed by atoms with E-state index in [2.05, 4.69) is 0 Å². The number of fused-ring (bicyclic) bond motifs is 1. The van der Waals surface area contributed by atoms with Crippen LogP contribution in [0.15, 0.2) is 0 Å². The third kappa shape index (κ3) is 0.987. The van der Waals surface area contributed by atoms with Crippen molar-refractivity contribution in [3.8, 4) is 0 Å². The van der Waals surface area contributed by atoms with Gasteiger partial charge in [-0.2, -0.15) is 0 Å². The Morgan fingerprint density at radius 3 is 2.57 bits per heavy atom. The molecule has 0 aliphatic carbocycles. The van der Waals surface area contributed by atoms with Crippen molar-refractivity contribution in [2.24, 2.45) is 0 Å². The Bertz CT molecular complexity index is 328. The quantitative estimate of drug-likeness (QED) is 0.387. The van der Waals surface area contributed by atoms with Gasteiger partial charge >= 0.3 is 5.97 Å². The fourth-order valence-electron chi connectivity index (χ4n) is 1.74. The molecule has 2 N–H and O–H groups in total. The SMILES string of the molecule is O=C(O)[C@H]1CN(O)C(=O)[C@@H]2CC(=O)N12. The lowest BCUT2D eigenvalue weighted by Crippen LogP contribution is -2.71. The van der Waals surface area contributed by atoms with Crippen molar-refractivity contribution >= 4 is 17.8 Å². The third-order valence-electron chi connectivity index (χ3n) is 2.50. The molecule has 2 atom stereocenters. The largest absolute Gasteiger partial charge is 0.480 e.